The van der Waals surface area contributed by atoms with E-state index in [0.717, 1.165) is 25.2 Å². The number of unbranched alkanes of at least 4 members (excludes halogenated alkanes) is 20. The number of carbonyl (C=O) groups is 2. The molecule has 1 N–H and O–H groups in total. The van der Waals surface area contributed by atoms with Crippen LogP contribution in [-0.4, -0.2) is 23.7 Å². The third-order valence-electron chi connectivity index (χ3n) is 6.73. The highest BCUT2D eigenvalue weighted by atomic mass is 16.5. The summed E-state index contributed by atoms with van der Waals surface area (Å²) < 4.78 is 4.87. The maximum Gasteiger partial charge on any atom is 0.303 e. The van der Waals surface area contributed by atoms with Crippen molar-refractivity contribution >= 4 is 11.9 Å². The van der Waals surface area contributed by atoms with Crippen LogP contribution in [0.3, 0.4) is 0 Å². The summed E-state index contributed by atoms with van der Waals surface area (Å²) in [4.78, 5) is 20.8. The summed E-state index contributed by atoms with van der Waals surface area (Å²) >= 11 is 0. The van der Waals surface area contributed by atoms with Crippen molar-refractivity contribution in [3.05, 3.63) is 0 Å². The molecular weight excluding hydrogens is 448 g/mol. The van der Waals surface area contributed by atoms with Gasteiger partial charge in [-0.15, -0.1) is 0 Å². The molecule has 0 aromatic rings. The van der Waals surface area contributed by atoms with E-state index in [1.807, 2.05) is 0 Å². The van der Waals surface area contributed by atoms with E-state index < -0.39 is 5.97 Å². The largest absolute Gasteiger partial charge is 0.481 e. The molecular formula is C32H64O4. The normalized spacial score (nSPS) is 10.8. The summed E-state index contributed by atoms with van der Waals surface area (Å²) in [5.74, 6) is 0.0554. The maximum absolute atomic E-state index is 10.5. The van der Waals surface area contributed by atoms with Crippen molar-refractivity contribution < 1.29 is 19.4 Å². The Labute approximate surface area is 225 Å². The van der Waals surface area contributed by atoms with E-state index in [1.54, 1.807) is 0 Å². The minimum absolute atomic E-state index is 0.157. The van der Waals surface area contributed by atoms with E-state index >= 15 is 0 Å². The molecule has 0 rings (SSSR count). The number of hydrogen-bond acceptors (Lipinski definition) is 3. The standard InChI is InChI=1S/C18H36O2.C14H28O2/c1-17(2)15-13-11-9-7-5-3-4-6-8-10-12-14-16-18(19)20;1-3-4-5-6-7-8-9-10-11-12-13-16-14(2)15/h17H,3-16H2,1-2H3,(H,19,20);3-13H2,1-2H3. The molecule has 4 heteroatoms. The quantitative estimate of drug-likeness (QED) is 0.0924. The lowest BCUT2D eigenvalue weighted by atomic mass is 10.0. The van der Waals surface area contributed by atoms with Crippen LogP contribution in [0.1, 0.15) is 182 Å². The van der Waals surface area contributed by atoms with Gasteiger partial charge in [-0.25, -0.2) is 0 Å². The maximum atomic E-state index is 10.5. The van der Waals surface area contributed by atoms with Crippen LogP contribution in [0.25, 0.3) is 0 Å². The molecule has 4 nitrogen and oxygen atoms in total. The molecule has 216 valence electrons. The van der Waals surface area contributed by atoms with Crippen LogP contribution < -0.4 is 0 Å². The van der Waals surface area contributed by atoms with Crippen molar-refractivity contribution in [2.45, 2.75) is 182 Å². The lowest BCUT2D eigenvalue weighted by Gasteiger charge is -2.04. The topological polar surface area (TPSA) is 63.6 Å². The molecule has 0 unspecified atom stereocenters. The molecule has 0 spiro atoms. The zero-order valence-corrected chi connectivity index (χ0v) is 24.9. The van der Waals surface area contributed by atoms with Gasteiger partial charge in [0.2, 0.25) is 0 Å². The van der Waals surface area contributed by atoms with E-state index in [2.05, 4.69) is 20.8 Å². The number of carboxylic acids is 1. The molecule has 0 aromatic heterocycles. The number of rotatable bonds is 26. The van der Waals surface area contributed by atoms with E-state index in [-0.39, 0.29) is 5.97 Å². The van der Waals surface area contributed by atoms with Gasteiger partial charge in [0.05, 0.1) is 6.61 Å². The van der Waals surface area contributed by atoms with Gasteiger partial charge in [-0.05, 0) is 18.8 Å². The zero-order valence-electron chi connectivity index (χ0n) is 24.9. The molecule has 0 amide bonds. The highest BCUT2D eigenvalue weighted by molar-refractivity contribution is 5.66. The average molecular weight is 513 g/mol. The third-order valence-corrected chi connectivity index (χ3v) is 6.73. The Kier molecular flexibility index (Phi) is 32.9. The molecule has 36 heavy (non-hydrogen) atoms. The molecule has 0 aliphatic heterocycles. The lowest BCUT2D eigenvalue weighted by Crippen LogP contribution is -2.00. The first-order chi connectivity index (χ1) is 17.4. The Morgan fingerprint density at radius 2 is 0.944 bits per heavy atom. The summed E-state index contributed by atoms with van der Waals surface area (Å²) in [6.07, 6.45) is 30.5. The van der Waals surface area contributed by atoms with Gasteiger partial charge in [-0.2, -0.15) is 0 Å². The minimum atomic E-state index is -0.654. The lowest BCUT2D eigenvalue weighted by molar-refractivity contribution is -0.141. The monoisotopic (exact) mass is 512 g/mol. The second kappa shape index (κ2) is 32.0. The molecule has 0 heterocycles. The van der Waals surface area contributed by atoms with Gasteiger partial charge in [0.25, 0.3) is 0 Å². The van der Waals surface area contributed by atoms with Crippen LogP contribution in [0.2, 0.25) is 0 Å². The predicted octanol–water partition coefficient (Wildman–Crippen LogP) is 10.7. The second-order valence-electron chi connectivity index (χ2n) is 11.1. The van der Waals surface area contributed by atoms with Crippen LogP contribution in [0.4, 0.5) is 0 Å². The molecule has 0 bridgehead atoms. The summed E-state index contributed by atoms with van der Waals surface area (Å²) in [5.41, 5.74) is 0. The van der Waals surface area contributed by atoms with Gasteiger partial charge in [-0.1, -0.05) is 156 Å². The Morgan fingerprint density at radius 3 is 1.31 bits per heavy atom. The van der Waals surface area contributed by atoms with Crippen LogP contribution in [-0.2, 0) is 14.3 Å². The summed E-state index contributed by atoms with van der Waals surface area (Å²) in [6, 6.07) is 0. The van der Waals surface area contributed by atoms with E-state index in [0.29, 0.717) is 13.0 Å². The van der Waals surface area contributed by atoms with Crippen LogP contribution in [0.15, 0.2) is 0 Å². The van der Waals surface area contributed by atoms with Gasteiger partial charge in [0.1, 0.15) is 0 Å². The SMILES string of the molecule is CC(C)CCCCCCCCCCCCCCC(=O)O.CCCCCCCCCCCCOC(C)=O. The van der Waals surface area contributed by atoms with E-state index in [9.17, 15) is 9.59 Å². The third kappa shape index (κ3) is 40.1. The minimum Gasteiger partial charge on any atom is -0.481 e. The van der Waals surface area contributed by atoms with Crippen molar-refractivity contribution in [2.24, 2.45) is 5.92 Å². The fraction of sp³-hybridized carbons (Fsp3) is 0.938. The molecule has 0 aromatic carbocycles. The molecule has 0 saturated heterocycles. The first kappa shape index (κ1) is 37.1. The molecule has 0 radical (unpaired) electrons. The number of hydrogen-bond donors (Lipinski definition) is 1. The second-order valence-corrected chi connectivity index (χ2v) is 11.1. The average Bonchev–Trinajstić information content (AvgIpc) is 2.82. The predicted molar refractivity (Wildman–Crippen MR) is 156 cm³/mol. The van der Waals surface area contributed by atoms with Crippen LogP contribution in [0.5, 0.6) is 0 Å². The molecule has 0 saturated carbocycles. The van der Waals surface area contributed by atoms with Crippen LogP contribution >= 0.6 is 0 Å². The van der Waals surface area contributed by atoms with Crippen LogP contribution in [0, 0.1) is 5.92 Å². The summed E-state index contributed by atoms with van der Waals surface area (Å²) in [6.45, 7) is 8.94. The Balaban J connectivity index is 0. The van der Waals surface area contributed by atoms with Gasteiger partial charge in [0, 0.05) is 13.3 Å². The van der Waals surface area contributed by atoms with Crippen molar-refractivity contribution in [1.82, 2.24) is 0 Å². The van der Waals surface area contributed by atoms with Crippen molar-refractivity contribution in [3.8, 4) is 0 Å². The summed E-state index contributed by atoms with van der Waals surface area (Å²) in [7, 11) is 0. The van der Waals surface area contributed by atoms with E-state index in [4.69, 9.17) is 9.84 Å². The Bertz CT molecular complexity index is 447. The van der Waals surface area contributed by atoms with E-state index in [1.165, 1.54) is 135 Å². The Hall–Kier alpha value is -1.06. The number of ether oxygens (including phenoxy) is 1. The first-order valence-electron chi connectivity index (χ1n) is 15.7. The zero-order chi connectivity index (χ0) is 27.1. The number of carbonyl (C=O) groups excluding carboxylic acids is 1. The molecule has 0 aliphatic rings. The molecule has 0 aliphatic carbocycles. The van der Waals surface area contributed by atoms with Crippen molar-refractivity contribution in [1.29, 1.82) is 0 Å². The Morgan fingerprint density at radius 1 is 0.583 bits per heavy atom. The van der Waals surface area contributed by atoms with Gasteiger partial charge in [-0.3, -0.25) is 9.59 Å². The first-order valence-corrected chi connectivity index (χ1v) is 15.7. The van der Waals surface area contributed by atoms with Crippen molar-refractivity contribution in [3.63, 3.8) is 0 Å². The highest BCUT2D eigenvalue weighted by Gasteiger charge is 1.98. The number of carboxylic acid groups (broad SMARTS) is 1. The van der Waals surface area contributed by atoms with Crippen molar-refractivity contribution in [2.75, 3.05) is 6.61 Å². The highest BCUT2D eigenvalue weighted by Crippen LogP contribution is 2.14. The molecule has 0 atom stereocenters. The van der Waals surface area contributed by atoms with Gasteiger partial charge >= 0.3 is 11.9 Å². The summed E-state index contributed by atoms with van der Waals surface area (Å²) in [5, 5.41) is 8.52. The van der Waals surface area contributed by atoms with Gasteiger partial charge in [0.15, 0.2) is 0 Å². The van der Waals surface area contributed by atoms with Gasteiger partial charge < -0.3 is 9.84 Å². The fourth-order valence-corrected chi connectivity index (χ4v) is 4.40. The number of esters is 1. The smallest absolute Gasteiger partial charge is 0.303 e. The fourth-order valence-electron chi connectivity index (χ4n) is 4.40. The number of aliphatic carboxylic acids is 1. The molecule has 0 fully saturated rings.